The molecular formula is C13H13NO3S. The second kappa shape index (κ2) is 5.18. The van der Waals surface area contributed by atoms with Crippen molar-refractivity contribution in [3.05, 3.63) is 45.4 Å². The average Bonchev–Trinajstić information content (AvgIpc) is 2.95. The van der Waals surface area contributed by atoms with Crippen LogP contribution in [0.5, 0.6) is 0 Å². The zero-order valence-corrected chi connectivity index (χ0v) is 11.0. The lowest BCUT2D eigenvalue weighted by Crippen LogP contribution is -2.14. The summed E-state index contributed by atoms with van der Waals surface area (Å²) in [6.07, 6.45) is 1.65. The maximum absolute atomic E-state index is 11.8. The lowest BCUT2D eigenvalue weighted by Gasteiger charge is -2.02. The third kappa shape index (κ3) is 2.68. The van der Waals surface area contributed by atoms with Gasteiger partial charge in [0.15, 0.2) is 6.61 Å². The van der Waals surface area contributed by atoms with Crippen LogP contribution >= 0.6 is 11.3 Å². The zero-order valence-electron chi connectivity index (χ0n) is 10.1. The van der Waals surface area contributed by atoms with Crippen LogP contribution in [0.25, 0.3) is 0 Å². The molecule has 0 spiro atoms. The van der Waals surface area contributed by atoms with E-state index < -0.39 is 5.97 Å². The van der Waals surface area contributed by atoms with Gasteiger partial charge in [0.2, 0.25) is 5.78 Å². The number of carbonyl (C=O) groups excluding carboxylic acids is 2. The Balaban J connectivity index is 1.97. The number of aromatic nitrogens is 1. The number of Topliss-reactive ketones (excluding diaryl/α,β-unsaturated/α-hetero) is 1. The van der Waals surface area contributed by atoms with E-state index in [9.17, 15) is 9.59 Å². The first kappa shape index (κ1) is 12.6. The molecule has 0 amide bonds. The third-order valence-electron chi connectivity index (χ3n) is 2.49. The van der Waals surface area contributed by atoms with Gasteiger partial charge in [0.1, 0.15) is 0 Å². The first-order chi connectivity index (χ1) is 8.58. The quantitative estimate of drug-likeness (QED) is 0.681. The highest BCUT2D eigenvalue weighted by Crippen LogP contribution is 2.21. The van der Waals surface area contributed by atoms with Crippen molar-refractivity contribution in [1.29, 1.82) is 0 Å². The number of thiophene rings is 1. The fourth-order valence-corrected chi connectivity index (χ4v) is 2.54. The number of carbonyl (C=O) groups is 2. The number of H-pyrrole nitrogens is 1. The number of aryl methyl sites for hydroxylation is 2. The smallest absolute Gasteiger partial charge is 0.339 e. The summed E-state index contributed by atoms with van der Waals surface area (Å²) in [6.45, 7) is 3.55. The number of ether oxygens (including phenoxy) is 1. The zero-order chi connectivity index (χ0) is 13.1. The molecule has 2 aromatic heterocycles. The summed E-state index contributed by atoms with van der Waals surface area (Å²) in [5, 5.41) is 0. The molecule has 0 radical (unpaired) electrons. The molecule has 4 nitrogen and oxygen atoms in total. The molecule has 2 heterocycles. The summed E-state index contributed by atoms with van der Waals surface area (Å²) >= 11 is 1.54. The summed E-state index contributed by atoms with van der Waals surface area (Å²) in [6, 6.07) is 5.15. The van der Waals surface area contributed by atoms with Gasteiger partial charge in [-0.1, -0.05) is 0 Å². The van der Waals surface area contributed by atoms with E-state index >= 15 is 0 Å². The standard InChI is InChI=1S/C13H13NO3S/c1-8-6-10(9(2)18-8)13(16)17-7-12(15)11-4-3-5-14-11/h3-6,14H,7H2,1-2H3. The van der Waals surface area contributed by atoms with Crippen LogP contribution in [0.3, 0.4) is 0 Å². The summed E-state index contributed by atoms with van der Waals surface area (Å²) in [5.41, 5.74) is 0.984. The normalized spacial score (nSPS) is 10.3. The number of ketones is 1. The fraction of sp³-hybridized carbons (Fsp3) is 0.231. The number of aromatic amines is 1. The van der Waals surface area contributed by atoms with E-state index in [0.717, 1.165) is 9.75 Å². The molecule has 0 aliphatic rings. The number of hydrogen-bond donors (Lipinski definition) is 1. The number of nitrogens with one attached hydrogen (secondary N) is 1. The van der Waals surface area contributed by atoms with Gasteiger partial charge in [0.05, 0.1) is 11.3 Å². The van der Waals surface area contributed by atoms with E-state index in [4.69, 9.17) is 4.74 Å². The molecule has 2 aromatic rings. The topological polar surface area (TPSA) is 59.2 Å². The van der Waals surface area contributed by atoms with Crippen LogP contribution in [0.4, 0.5) is 0 Å². The van der Waals surface area contributed by atoms with Crippen molar-refractivity contribution in [2.45, 2.75) is 13.8 Å². The number of rotatable bonds is 4. The first-order valence-electron chi connectivity index (χ1n) is 5.48. The van der Waals surface area contributed by atoms with Gasteiger partial charge in [0, 0.05) is 16.0 Å². The Bertz CT molecular complexity index is 569. The highest BCUT2D eigenvalue weighted by molar-refractivity contribution is 7.12. The Morgan fingerprint density at radius 1 is 1.39 bits per heavy atom. The van der Waals surface area contributed by atoms with E-state index in [1.165, 1.54) is 11.3 Å². The fourth-order valence-electron chi connectivity index (χ4n) is 1.62. The van der Waals surface area contributed by atoms with Gasteiger partial charge in [0.25, 0.3) is 0 Å². The van der Waals surface area contributed by atoms with Gasteiger partial charge in [-0.2, -0.15) is 0 Å². The molecule has 94 valence electrons. The molecule has 1 N–H and O–H groups in total. The SMILES string of the molecule is Cc1cc(C(=O)OCC(=O)c2ccc[nH]2)c(C)s1. The second-order valence-electron chi connectivity index (χ2n) is 3.91. The largest absolute Gasteiger partial charge is 0.454 e. The predicted molar refractivity (Wildman–Crippen MR) is 69.2 cm³/mol. The first-order valence-corrected chi connectivity index (χ1v) is 6.30. The molecule has 0 bridgehead atoms. The molecule has 0 aliphatic heterocycles. The Morgan fingerprint density at radius 3 is 2.72 bits per heavy atom. The summed E-state index contributed by atoms with van der Waals surface area (Å²) < 4.78 is 5.01. The van der Waals surface area contributed by atoms with Gasteiger partial charge in [-0.25, -0.2) is 4.79 Å². The minimum atomic E-state index is -0.447. The lowest BCUT2D eigenvalue weighted by molar-refractivity contribution is 0.0473. The van der Waals surface area contributed by atoms with Crippen molar-refractivity contribution < 1.29 is 14.3 Å². The maximum atomic E-state index is 11.8. The molecule has 0 unspecified atom stereocenters. The van der Waals surface area contributed by atoms with E-state index in [1.54, 1.807) is 24.4 Å². The van der Waals surface area contributed by atoms with Crippen molar-refractivity contribution in [1.82, 2.24) is 4.98 Å². The average molecular weight is 263 g/mol. The Labute approximate surface area is 109 Å². The van der Waals surface area contributed by atoms with Crippen LogP contribution in [-0.2, 0) is 4.74 Å². The molecule has 0 atom stereocenters. The molecule has 5 heteroatoms. The number of hydrogen-bond acceptors (Lipinski definition) is 4. The summed E-state index contributed by atoms with van der Waals surface area (Å²) in [4.78, 5) is 28.1. The van der Waals surface area contributed by atoms with Crippen LogP contribution in [0.15, 0.2) is 24.4 Å². The Morgan fingerprint density at radius 2 is 2.17 bits per heavy atom. The summed E-state index contributed by atoms with van der Waals surface area (Å²) in [5.74, 6) is -0.685. The van der Waals surface area contributed by atoms with Crippen molar-refractivity contribution in [2.24, 2.45) is 0 Å². The van der Waals surface area contributed by atoms with Crippen molar-refractivity contribution in [3.8, 4) is 0 Å². The number of esters is 1. The van der Waals surface area contributed by atoms with E-state index in [1.807, 2.05) is 13.8 Å². The maximum Gasteiger partial charge on any atom is 0.339 e. The molecule has 0 fully saturated rings. The monoisotopic (exact) mass is 263 g/mol. The predicted octanol–water partition coefficient (Wildman–Crippen LogP) is 2.73. The molecule has 0 saturated heterocycles. The molecule has 0 aliphatic carbocycles. The van der Waals surface area contributed by atoms with Gasteiger partial charge in [-0.05, 0) is 32.0 Å². The van der Waals surface area contributed by atoms with Gasteiger partial charge in [-0.15, -0.1) is 11.3 Å². The minimum absolute atomic E-state index is 0.238. The summed E-state index contributed by atoms with van der Waals surface area (Å²) in [7, 11) is 0. The van der Waals surface area contributed by atoms with E-state index in [-0.39, 0.29) is 12.4 Å². The molecule has 0 saturated carbocycles. The van der Waals surface area contributed by atoms with Crippen LogP contribution in [-0.4, -0.2) is 23.3 Å². The highest BCUT2D eigenvalue weighted by Gasteiger charge is 2.15. The van der Waals surface area contributed by atoms with Crippen molar-refractivity contribution in [2.75, 3.05) is 6.61 Å². The highest BCUT2D eigenvalue weighted by atomic mass is 32.1. The van der Waals surface area contributed by atoms with E-state index in [0.29, 0.717) is 11.3 Å². The van der Waals surface area contributed by atoms with Crippen molar-refractivity contribution >= 4 is 23.1 Å². The van der Waals surface area contributed by atoms with Crippen LogP contribution in [0.1, 0.15) is 30.6 Å². The molecule has 18 heavy (non-hydrogen) atoms. The Kier molecular flexibility index (Phi) is 3.62. The molecular weight excluding hydrogens is 250 g/mol. The van der Waals surface area contributed by atoms with Gasteiger partial charge in [-0.3, -0.25) is 4.79 Å². The molecule has 2 rings (SSSR count). The van der Waals surface area contributed by atoms with Gasteiger partial charge < -0.3 is 9.72 Å². The third-order valence-corrected chi connectivity index (χ3v) is 3.46. The second-order valence-corrected chi connectivity index (χ2v) is 5.37. The lowest BCUT2D eigenvalue weighted by atomic mass is 10.2. The van der Waals surface area contributed by atoms with Gasteiger partial charge >= 0.3 is 5.97 Å². The minimum Gasteiger partial charge on any atom is -0.454 e. The molecule has 0 aromatic carbocycles. The Hall–Kier alpha value is -1.88. The van der Waals surface area contributed by atoms with Crippen molar-refractivity contribution in [3.63, 3.8) is 0 Å². The van der Waals surface area contributed by atoms with Crippen LogP contribution in [0, 0.1) is 13.8 Å². The van der Waals surface area contributed by atoms with Crippen LogP contribution in [0.2, 0.25) is 0 Å². The van der Waals surface area contributed by atoms with Crippen LogP contribution < -0.4 is 0 Å². The van der Waals surface area contributed by atoms with E-state index in [2.05, 4.69) is 4.98 Å².